The Labute approximate surface area is 186 Å². The van der Waals surface area contributed by atoms with Crippen molar-refractivity contribution in [1.82, 2.24) is 15.0 Å². The van der Waals surface area contributed by atoms with Crippen LogP contribution < -0.4 is 11.0 Å². The molecular formula is C22H17ClN4O3S. The normalized spacial score (nSPS) is 11.3. The lowest BCUT2D eigenvalue weighted by molar-refractivity contribution is -0.118. The summed E-state index contributed by atoms with van der Waals surface area (Å²) in [6.45, 7) is 1.82. The molecule has 2 aromatic heterocycles. The fraction of sp³-hybridized carbons (Fsp3) is 0.0909. The summed E-state index contributed by atoms with van der Waals surface area (Å²) < 4.78 is 6.84. The molecule has 2 heterocycles. The maximum atomic E-state index is 13.2. The number of fused-ring (bicyclic) bond motifs is 1. The summed E-state index contributed by atoms with van der Waals surface area (Å²) in [6.07, 6.45) is 1.42. The highest BCUT2D eigenvalue weighted by Crippen LogP contribution is 2.22. The number of hydrogen-bond donors (Lipinski definition) is 1. The van der Waals surface area contributed by atoms with Gasteiger partial charge in [-0.25, -0.2) is 10.4 Å². The second-order valence-corrected chi connectivity index (χ2v) is 7.94. The molecular weight excluding hydrogens is 436 g/mol. The van der Waals surface area contributed by atoms with Crippen molar-refractivity contribution < 1.29 is 9.21 Å². The van der Waals surface area contributed by atoms with E-state index in [1.165, 1.54) is 10.8 Å². The van der Waals surface area contributed by atoms with Crippen LogP contribution in [0.4, 0.5) is 0 Å². The topological polar surface area (TPSA) is 89.5 Å². The van der Waals surface area contributed by atoms with Crippen LogP contribution in [-0.2, 0) is 4.79 Å². The van der Waals surface area contributed by atoms with Gasteiger partial charge >= 0.3 is 0 Å². The van der Waals surface area contributed by atoms with E-state index in [2.05, 4.69) is 15.5 Å². The van der Waals surface area contributed by atoms with E-state index in [9.17, 15) is 9.59 Å². The molecule has 4 rings (SSSR count). The highest BCUT2D eigenvalue weighted by Gasteiger charge is 2.14. The first-order chi connectivity index (χ1) is 15.0. The van der Waals surface area contributed by atoms with Crippen molar-refractivity contribution in [3.63, 3.8) is 0 Å². The Morgan fingerprint density at radius 1 is 1.19 bits per heavy atom. The van der Waals surface area contributed by atoms with Crippen LogP contribution in [0.2, 0.25) is 5.02 Å². The van der Waals surface area contributed by atoms with Crippen LogP contribution in [0.25, 0.3) is 16.6 Å². The number of aryl methyl sites for hydroxylation is 1. The first-order valence-electron chi connectivity index (χ1n) is 9.30. The number of halogens is 1. The molecule has 0 radical (unpaired) electrons. The molecule has 0 unspecified atom stereocenters. The summed E-state index contributed by atoms with van der Waals surface area (Å²) in [7, 11) is 0. The monoisotopic (exact) mass is 452 g/mol. The zero-order chi connectivity index (χ0) is 21.8. The summed E-state index contributed by atoms with van der Waals surface area (Å²) >= 11 is 7.13. The summed E-state index contributed by atoms with van der Waals surface area (Å²) in [5.74, 6) is 0.978. The standard InChI is InChI=1S/C22H17ClN4O3S/c1-14-6-11-17(30-14)12-24-26-20(28)13-31-22-25-19-5-3-2-4-18(19)21(29)27(22)16-9-7-15(23)8-10-16/h2-12H,13H2,1H3,(H,26,28). The molecule has 9 heteroatoms. The lowest BCUT2D eigenvalue weighted by Gasteiger charge is -2.13. The van der Waals surface area contributed by atoms with Crippen molar-refractivity contribution in [2.45, 2.75) is 12.1 Å². The van der Waals surface area contributed by atoms with Gasteiger partial charge in [0, 0.05) is 5.02 Å². The number of thioether (sulfide) groups is 1. The van der Waals surface area contributed by atoms with Gasteiger partial charge in [0.15, 0.2) is 5.16 Å². The minimum Gasteiger partial charge on any atom is -0.460 e. The van der Waals surface area contributed by atoms with Crippen LogP contribution in [0.15, 0.2) is 80.1 Å². The van der Waals surface area contributed by atoms with Crippen LogP contribution in [0.3, 0.4) is 0 Å². The van der Waals surface area contributed by atoms with Gasteiger partial charge < -0.3 is 4.42 Å². The number of carbonyl (C=O) groups excluding carboxylic acids is 1. The summed E-state index contributed by atoms with van der Waals surface area (Å²) in [6, 6.07) is 17.5. The quantitative estimate of drug-likeness (QED) is 0.205. The van der Waals surface area contributed by atoms with Gasteiger partial charge in [0.25, 0.3) is 11.5 Å². The van der Waals surface area contributed by atoms with E-state index in [0.29, 0.717) is 32.5 Å². The van der Waals surface area contributed by atoms with Gasteiger partial charge in [0.2, 0.25) is 0 Å². The molecule has 0 aliphatic heterocycles. The highest BCUT2D eigenvalue weighted by atomic mass is 35.5. The van der Waals surface area contributed by atoms with Crippen molar-refractivity contribution >= 4 is 46.4 Å². The SMILES string of the molecule is Cc1ccc(C=NNC(=O)CSc2nc3ccccc3c(=O)n2-c2ccc(Cl)cc2)o1. The lowest BCUT2D eigenvalue weighted by atomic mass is 10.2. The predicted molar refractivity (Wildman–Crippen MR) is 122 cm³/mol. The molecule has 1 N–H and O–H groups in total. The van der Waals surface area contributed by atoms with Gasteiger partial charge in [0.05, 0.1) is 28.6 Å². The molecule has 0 saturated heterocycles. The van der Waals surface area contributed by atoms with Crippen LogP contribution in [0, 0.1) is 6.92 Å². The van der Waals surface area contributed by atoms with E-state index in [0.717, 1.165) is 17.5 Å². The second-order valence-electron chi connectivity index (χ2n) is 6.56. The van der Waals surface area contributed by atoms with Crippen LogP contribution >= 0.6 is 23.4 Å². The largest absolute Gasteiger partial charge is 0.460 e. The third-order valence-electron chi connectivity index (χ3n) is 4.30. The van der Waals surface area contributed by atoms with Crippen LogP contribution in [-0.4, -0.2) is 27.4 Å². The fourth-order valence-electron chi connectivity index (χ4n) is 2.88. The minimum absolute atomic E-state index is 0.0207. The molecule has 4 aromatic rings. The third kappa shape index (κ3) is 4.87. The summed E-state index contributed by atoms with van der Waals surface area (Å²) in [5.41, 5.74) is 3.40. The summed E-state index contributed by atoms with van der Waals surface area (Å²) in [5, 5.41) is 5.33. The number of nitrogens with one attached hydrogen (secondary N) is 1. The maximum absolute atomic E-state index is 13.2. The maximum Gasteiger partial charge on any atom is 0.266 e. The molecule has 0 spiro atoms. The summed E-state index contributed by atoms with van der Waals surface area (Å²) in [4.78, 5) is 30.0. The number of hydrogen-bond acceptors (Lipinski definition) is 6. The average Bonchev–Trinajstić information content (AvgIpc) is 3.18. The molecule has 156 valence electrons. The lowest BCUT2D eigenvalue weighted by Crippen LogP contribution is -2.24. The first kappa shape index (κ1) is 20.9. The smallest absolute Gasteiger partial charge is 0.266 e. The Morgan fingerprint density at radius 2 is 1.97 bits per heavy atom. The Hall–Kier alpha value is -3.36. The van der Waals surface area contributed by atoms with Crippen LogP contribution in [0.1, 0.15) is 11.5 Å². The van der Waals surface area contributed by atoms with Crippen molar-refractivity contribution in [1.29, 1.82) is 0 Å². The van der Waals surface area contributed by atoms with Gasteiger partial charge in [0.1, 0.15) is 11.5 Å². The molecule has 0 bridgehead atoms. The number of furan rings is 1. The first-order valence-corrected chi connectivity index (χ1v) is 10.7. The van der Waals surface area contributed by atoms with Crippen molar-refractivity contribution in [3.8, 4) is 5.69 Å². The Balaban J connectivity index is 1.58. The molecule has 0 aliphatic carbocycles. The number of hydrazone groups is 1. The second kappa shape index (κ2) is 9.20. The van der Waals surface area contributed by atoms with E-state index in [4.69, 9.17) is 16.0 Å². The molecule has 0 atom stereocenters. The van der Waals surface area contributed by atoms with Gasteiger partial charge in [-0.1, -0.05) is 35.5 Å². The number of aromatic nitrogens is 2. The zero-order valence-corrected chi connectivity index (χ0v) is 18.0. The van der Waals surface area contributed by atoms with Crippen molar-refractivity contribution in [3.05, 3.63) is 87.6 Å². The number of amides is 1. The molecule has 2 aromatic carbocycles. The van der Waals surface area contributed by atoms with E-state index in [1.54, 1.807) is 54.6 Å². The number of rotatable bonds is 6. The van der Waals surface area contributed by atoms with E-state index in [-0.39, 0.29) is 17.2 Å². The number of carbonyl (C=O) groups is 1. The van der Waals surface area contributed by atoms with Gasteiger partial charge in [-0.3, -0.25) is 14.2 Å². The van der Waals surface area contributed by atoms with Gasteiger partial charge in [-0.15, -0.1) is 0 Å². The highest BCUT2D eigenvalue weighted by molar-refractivity contribution is 7.99. The Bertz CT molecular complexity index is 1330. The van der Waals surface area contributed by atoms with Gasteiger partial charge in [-0.2, -0.15) is 5.10 Å². The van der Waals surface area contributed by atoms with Crippen LogP contribution in [0.5, 0.6) is 0 Å². The molecule has 1 amide bonds. The molecule has 0 fully saturated rings. The van der Waals surface area contributed by atoms with Gasteiger partial charge in [-0.05, 0) is 55.5 Å². The van der Waals surface area contributed by atoms with E-state index < -0.39 is 0 Å². The third-order valence-corrected chi connectivity index (χ3v) is 5.49. The fourth-order valence-corrected chi connectivity index (χ4v) is 3.81. The molecule has 0 aliphatic rings. The molecule has 7 nitrogen and oxygen atoms in total. The Morgan fingerprint density at radius 3 is 2.71 bits per heavy atom. The van der Waals surface area contributed by atoms with E-state index in [1.807, 2.05) is 13.0 Å². The number of benzene rings is 2. The van der Waals surface area contributed by atoms with Crippen molar-refractivity contribution in [2.75, 3.05) is 5.75 Å². The average molecular weight is 453 g/mol. The van der Waals surface area contributed by atoms with Crippen molar-refractivity contribution in [2.24, 2.45) is 5.10 Å². The molecule has 0 saturated carbocycles. The molecule has 31 heavy (non-hydrogen) atoms. The minimum atomic E-state index is -0.338. The number of para-hydroxylation sites is 1. The number of nitrogens with zero attached hydrogens (tertiary/aromatic N) is 3. The predicted octanol–water partition coefficient (Wildman–Crippen LogP) is 4.18. The zero-order valence-electron chi connectivity index (χ0n) is 16.4. The van der Waals surface area contributed by atoms with E-state index >= 15 is 0 Å². The Kier molecular flexibility index (Phi) is 6.20.